The van der Waals surface area contributed by atoms with E-state index in [0.717, 1.165) is 22.4 Å². The van der Waals surface area contributed by atoms with Crippen molar-refractivity contribution < 1.29 is 13.9 Å². The first-order valence-corrected chi connectivity index (χ1v) is 8.14. The van der Waals surface area contributed by atoms with Gasteiger partial charge >= 0.3 is 0 Å². The Morgan fingerprint density at radius 2 is 2.12 bits per heavy atom. The Hall–Kier alpha value is -3.02. The Kier molecular flexibility index (Phi) is 5.18. The first-order chi connectivity index (χ1) is 12.1. The molecule has 0 unspecified atom stereocenters. The number of rotatable bonds is 7. The third-order valence-electron chi connectivity index (χ3n) is 3.90. The van der Waals surface area contributed by atoms with Crippen LogP contribution in [0.25, 0.3) is 10.9 Å². The molecule has 1 amide bonds. The summed E-state index contributed by atoms with van der Waals surface area (Å²) in [7, 11) is 1.76. The fraction of sp³-hybridized carbons (Fsp3) is 0.263. The van der Waals surface area contributed by atoms with Crippen molar-refractivity contribution in [2.75, 3.05) is 13.7 Å². The number of H-pyrrole nitrogens is 1. The summed E-state index contributed by atoms with van der Waals surface area (Å²) in [5, 5.41) is 0.909. The number of nitrogens with one attached hydrogen (secondary N) is 1. The van der Waals surface area contributed by atoms with Crippen LogP contribution in [-0.2, 0) is 11.3 Å². The van der Waals surface area contributed by atoms with E-state index in [-0.39, 0.29) is 11.5 Å². The van der Waals surface area contributed by atoms with Gasteiger partial charge in [0.2, 0.25) is 11.5 Å². The molecule has 3 aromatic rings. The largest absolute Gasteiger partial charge is 0.494 e. The first kappa shape index (κ1) is 16.8. The monoisotopic (exact) mass is 340 g/mol. The zero-order valence-electron chi connectivity index (χ0n) is 14.0. The van der Waals surface area contributed by atoms with Crippen molar-refractivity contribution in [1.29, 1.82) is 0 Å². The molecule has 0 atom stereocenters. The summed E-state index contributed by atoms with van der Waals surface area (Å²) in [4.78, 5) is 27.8. The van der Waals surface area contributed by atoms with Crippen molar-refractivity contribution in [1.82, 2.24) is 9.88 Å². The number of benzene rings is 1. The Labute approximate surface area is 145 Å². The molecule has 3 rings (SSSR count). The molecule has 0 saturated heterocycles. The summed E-state index contributed by atoms with van der Waals surface area (Å²) in [6.07, 6.45) is 2.64. The van der Waals surface area contributed by atoms with Gasteiger partial charge in [-0.25, -0.2) is 0 Å². The van der Waals surface area contributed by atoms with E-state index in [9.17, 15) is 9.59 Å². The number of furan rings is 1. The van der Waals surface area contributed by atoms with Crippen LogP contribution in [0.1, 0.15) is 18.6 Å². The van der Waals surface area contributed by atoms with Gasteiger partial charge in [0.25, 0.3) is 0 Å². The van der Waals surface area contributed by atoms with Crippen molar-refractivity contribution >= 4 is 16.8 Å². The molecule has 25 heavy (non-hydrogen) atoms. The van der Waals surface area contributed by atoms with E-state index in [2.05, 4.69) is 4.98 Å². The van der Waals surface area contributed by atoms with E-state index in [1.165, 1.54) is 6.07 Å². The van der Waals surface area contributed by atoms with Crippen LogP contribution in [0.3, 0.4) is 0 Å². The van der Waals surface area contributed by atoms with Crippen LogP contribution in [0.4, 0.5) is 0 Å². The minimum atomic E-state index is -0.127. The third-order valence-corrected chi connectivity index (χ3v) is 3.90. The van der Waals surface area contributed by atoms with E-state index < -0.39 is 0 Å². The number of amides is 1. The lowest BCUT2D eigenvalue weighted by atomic mass is 10.2. The van der Waals surface area contributed by atoms with Crippen LogP contribution >= 0.6 is 0 Å². The Balaban J connectivity index is 1.45. The lowest BCUT2D eigenvalue weighted by Crippen LogP contribution is -2.26. The summed E-state index contributed by atoms with van der Waals surface area (Å²) in [5.41, 5.74) is 0.646. The van der Waals surface area contributed by atoms with Gasteiger partial charge in [0.1, 0.15) is 11.5 Å². The standard InChI is InChI=1S/C19H20N2O4/c1-21(13-16-4-2-10-25-16)19(23)5-3-11-24-15-7-8-17-14(12-15)6-9-18(22)20-17/h2,4,6-10,12H,3,5,11,13H2,1H3,(H,20,22). The van der Waals surface area contributed by atoms with Gasteiger partial charge in [0, 0.05) is 30.4 Å². The number of carbonyl (C=O) groups is 1. The average Bonchev–Trinajstić information content (AvgIpc) is 3.11. The zero-order chi connectivity index (χ0) is 17.6. The van der Waals surface area contributed by atoms with E-state index in [0.29, 0.717) is 26.0 Å². The summed E-state index contributed by atoms with van der Waals surface area (Å²) < 4.78 is 10.9. The van der Waals surface area contributed by atoms with E-state index >= 15 is 0 Å². The number of carbonyl (C=O) groups excluding carboxylic acids is 1. The van der Waals surface area contributed by atoms with E-state index in [1.807, 2.05) is 24.3 Å². The summed E-state index contributed by atoms with van der Waals surface area (Å²) in [6.45, 7) is 0.921. The molecule has 0 radical (unpaired) electrons. The molecule has 6 heteroatoms. The minimum Gasteiger partial charge on any atom is -0.494 e. The quantitative estimate of drug-likeness (QED) is 0.671. The number of hydrogen-bond acceptors (Lipinski definition) is 4. The second-order valence-corrected chi connectivity index (χ2v) is 5.85. The molecular formula is C19H20N2O4. The van der Waals surface area contributed by atoms with Gasteiger partial charge in [-0.15, -0.1) is 0 Å². The molecule has 0 aliphatic heterocycles. The Morgan fingerprint density at radius 1 is 1.24 bits per heavy atom. The van der Waals surface area contributed by atoms with Crippen LogP contribution in [-0.4, -0.2) is 29.4 Å². The fourth-order valence-electron chi connectivity index (χ4n) is 2.55. The van der Waals surface area contributed by atoms with E-state index in [1.54, 1.807) is 30.3 Å². The lowest BCUT2D eigenvalue weighted by molar-refractivity contribution is -0.130. The molecule has 2 heterocycles. The number of hydrogen-bond donors (Lipinski definition) is 1. The topological polar surface area (TPSA) is 75.5 Å². The van der Waals surface area contributed by atoms with Gasteiger partial charge in [-0.2, -0.15) is 0 Å². The van der Waals surface area contributed by atoms with Gasteiger partial charge < -0.3 is 19.0 Å². The second-order valence-electron chi connectivity index (χ2n) is 5.85. The molecular weight excluding hydrogens is 320 g/mol. The summed E-state index contributed by atoms with van der Waals surface area (Å²) >= 11 is 0. The van der Waals surface area contributed by atoms with E-state index in [4.69, 9.17) is 9.15 Å². The molecule has 0 fully saturated rings. The predicted octanol–water partition coefficient (Wildman–Crippen LogP) is 2.94. The van der Waals surface area contributed by atoms with Gasteiger partial charge in [-0.05, 0) is 42.8 Å². The Morgan fingerprint density at radius 3 is 2.92 bits per heavy atom. The molecule has 0 bridgehead atoms. The number of pyridine rings is 1. The molecule has 0 aliphatic rings. The number of aromatic amines is 1. The Bertz CT molecular complexity index is 899. The molecule has 0 aliphatic carbocycles. The van der Waals surface area contributed by atoms with Gasteiger partial charge in [-0.3, -0.25) is 9.59 Å². The number of aromatic nitrogens is 1. The van der Waals surface area contributed by atoms with Gasteiger partial charge in [0.15, 0.2) is 0 Å². The van der Waals surface area contributed by atoms with Crippen LogP contribution in [0.5, 0.6) is 5.75 Å². The van der Waals surface area contributed by atoms with Crippen LogP contribution < -0.4 is 10.3 Å². The lowest BCUT2D eigenvalue weighted by Gasteiger charge is -2.15. The minimum absolute atomic E-state index is 0.0519. The third kappa shape index (κ3) is 4.50. The highest BCUT2D eigenvalue weighted by Crippen LogP contribution is 2.18. The van der Waals surface area contributed by atoms with Crippen molar-refractivity contribution in [3.05, 3.63) is 64.8 Å². The molecule has 2 aromatic heterocycles. The number of nitrogens with zero attached hydrogens (tertiary/aromatic N) is 1. The average molecular weight is 340 g/mol. The highest BCUT2D eigenvalue weighted by Gasteiger charge is 2.10. The molecule has 6 nitrogen and oxygen atoms in total. The normalized spacial score (nSPS) is 10.8. The molecule has 0 spiro atoms. The fourth-order valence-corrected chi connectivity index (χ4v) is 2.55. The summed E-state index contributed by atoms with van der Waals surface area (Å²) in [5.74, 6) is 1.54. The number of ether oxygens (including phenoxy) is 1. The van der Waals surface area contributed by atoms with Crippen molar-refractivity contribution in [3.63, 3.8) is 0 Å². The van der Waals surface area contributed by atoms with Crippen molar-refractivity contribution in [2.24, 2.45) is 0 Å². The van der Waals surface area contributed by atoms with Crippen LogP contribution in [0.15, 0.2) is 57.9 Å². The maximum Gasteiger partial charge on any atom is 0.248 e. The SMILES string of the molecule is CN(Cc1ccco1)C(=O)CCCOc1ccc2[nH]c(=O)ccc2c1. The van der Waals surface area contributed by atoms with Crippen molar-refractivity contribution in [3.8, 4) is 5.75 Å². The van der Waals surface area contributed by atoms with Crippen LogP contribution in [0.2, 0.25) is 0 Å². The second kappa shape index (κ2) is 7.70. The maximum absolute atomic E-state index is 12.1. The molecule has 1 aromatic carbocycles. The highest BCUT2D eigenvalue weighted by molar-refractivity contribution is 5.79. The summed E-state index contributed by atoms with van der Waals surface area (Å²) in [6, 6.07) is 12.4. The molecule has 0 saturated carbocycles. The van der Waals surface area contributed by atoms with Gasteiger partial charge in [-0.1, -0.05) is 0 Å². The smallest absolute Gasteiger partial charge is 0.248 e. The maximum atomic E-state index is 12.1. The van der Waals surface area contributed by atoms with Gasteiger partial charge in [0.05, 0.1) is 19.4 Å². The molecule has 130 valence electrons. The van der Waals surface area contributed by atoms with Crippen LogP contribution in [0, 0.1) is 0 Å². The first-order valence-electron chi connectivity index (χ1n) is 8.14. The molecule has 1 N–H and O–H groups in total. The predicted molar refractivity (Wildman–Crippen MR) is 94.5 cm³/mol. The number of fused-ring (bicyclic) bond motifs is 1. The highest BCUT2D eigenvalue weighted by atomic mass is 16.5. The van der Waals surface area contributed by atoms with Crippen molar-refractivity contribution in [2.45, 2.75) is 19.4 Å². The zero-order valence-corrected chi connectivity index (χ0v) is 14.0.